The third-order valence-electron chi connectivity index (χ3n) is 2.64. The van der Waals surface area contributed by atoms with E-state index in [0.29, 0.717) is 10.9 Å². The molecule has 22 heavy (non-hydrogen) atoms. The smallest absolute Gasteiger partial charge is 0.416 e. The minimum Gasteiger partial charge on any atom is -0.444 e. The summed E-state index contributed by atoms with van der Waals surface area (Å²) in [6.45, 7) is 5.22. The minimum atomic E-state index is -4.38. The Bertz CT molecular complexity index is 512. The molecule has 1 amide bonds. The number of alkyl carbamates (subject to hydrolysis) is 1. The average molecular weight is 382 g/mol. The molecule has 0 saturated heterocycles. The van der Waals surface area contributed by atoms with E-state index in [1.54, 1.807) is 26.8 Å². The molecule has 1 aromatic rings. The number of hydrogen-bond donors (Lipinski definition) is 1. The van der Waals surface area contributed by atoms with Crippen LogP contribution in [-0.4, -0.2) is 23.1 Å². The lowest BCUT2D eigenvalue weighted by Gasteiger charge is -2.23. The lowest BCUT2D eigenvalue weighted by Crippen LogP contribution is -2.41. The number of benzene rings is 1. The van der Waals surface area contributed by atoms with Crippen molar-refractivity contribution >= 4 is 22.0 Å². The highest BCUT2D eigenvalue weighted by Crippen LogP contribution is 2.29. The van der Waals surface area contributed by atoms with Crippen LogP contribution in [0.2, 0.25) is 0 Å². The van der Waals surface area contributed by atoms with Gasteiger partial charge in [0, 0.05) is 11.4 Å². The third kappa shape index (κ3) is 6.68. The predicted molar refractivity (Wildman–Crippen MR) is 82.1 cm³/mol. The fraction of sp³-hybridized carbons (Fsp3) is 0.533. The van der Waals surface area contributed by atoms with Crippen molar-refractivity contribution in [3.63, 3.8) is 0 Å². The van der Waals surface area contributed by atoms with Gasteiger partial charge in [0.25, 0.3) is 0 Å². The van der Waals surface area contributed by atoms with Crippen molar-refractivity contribution in [1.82, 2.24) is 5.32 Å². The van der Waals surface area contributed by atoms with Gasteiger partial charge in [-0.1, -0.05) is 34.1 Å². The second kappa shape index (κ2) is 7.35. The molecule has 1 atom stereocenters. The van der Waals surface area contributed by atoms with Crippen LogP contribution in [0.4, 0.5) is 18.0 Å². The molecule has 0 aromatic heterocycles. The highest BCUT2D eigenvalue weighted by atomic mass is 79.9. The monoisotopic (exact) mass is 381 g/mol. The van der Waals surface area contributed by atoms with Gasteiger partial charge in [-0.15, -0.1) is 0 Å². The Morgan fingerprint density at radius 3 is 2.45 bits per heavy atom. The molecule has 1 rings (SSSR count). The molecule has 7 heteroatoms. The molecule has 0 spiro atoms. The summed E-state index contributed by atoms with van der Waals surface area (Å²) in [5.41, 5.74) is -0.831. The summed E-state index contributed by atoms with van der Waals surface area (Å²) in [6, 6.07) is 4.71. The van der Waals surface area contributed by atoms with E-state index in [1.165, 1.54) is 6.07 Å². The normalized spacial score (nSPS) is 13.6. The largest absolute Gasteiger partial charge is 0.444 e. The number of halogens is 4. The van der Waals surface area contributed by atoms with Crippen LogP contribution in [0.15, 0.2) is 24.3 Å². The molecule has 0 aliphatic heterocycles. The van der Waals surface area contributed by atoms with Gasteiger partial charge >= 0.3 is 12.3 Å². The summed E-state index contributed by atoms with van der Waals surface area (Å²) in [7, 11) is 0. The SMILES string of the molecule is CC(C)(C)OC(=O)NC(CBr)Cc1cccc(C(F)(F)F)c1. The third-order valence-corrected chi connectivity index (χ3v) is 3.43. The van der Waals surface area contributed by atoms with E-state index in [0.717, 1.165) is 12.1 Å². The van der Waals surface area contributed by atoms with Gasteiger partial charge in [-0.05, 0) is 38.8 Å². The zero-order chi connectivity index (χ0) is 17.0. The van der Waals surface area contributed by atoms with Gasteiger partial charge in [0.2, 0.25) is 0 Å². The summed E-state index contributed by atoms with van der Waals surface area (Å²) in [5, 5.41) is 3.05. The maximum atomic E-state index is 12.7. The summed E-state index contributed by atoms with van der Waals surface area (Å²) < 4.78 is 43.2. The molecule has 0 aliphatic rings. The fourth-order valence-electron chi connectivity index (χ4n) is 1.78. The van der Waals surface area contributed by atoms with E-state index in [1.807, 2.05) is 0 Å². The molecule has 1 N–H and O–H groups in total. The van der Waals surface area contributed by atoms with E-state index in [2.05, 4.69) is 21.2 Å². The van der Waals surface area contributed by atoms with Gasteiger partial charge in [-0.2, -0.15) is 13.2 Å². The van der Waals surface area contributed by atoms with E-state index in [-0.39, 0.29) is 12.5 Å². The first-order chi connectivity index (χ1) is 10.0. The molecule has 1 aromatic carbocycles. The molecule has 0 aliphatic carbocycles. The molecule has 0 fully saturated rings. The van der Waals surface area contributed by atoms with Crippen molar-refractivity contribution in [2.24, 2.45) is 0 Å². The topological polar surface area (TPSA) is 38.3 Å². The van der Waals surface area contributed by atoms with E-state index >= 15 is 0 Å². The first-order valence-corrected chi connectivity index (χ1v) is 7.85. The minimum absolute atomic E-state index is 0.272. The summed E-state index contributed by atoms with van der Waals surface area (Å²) in [5.74, 6) is 0. The van der Waals surface area contributed by atoms with Gasteiger partial charge in [0.05, 0.1) is 5.56 Å². The number of alkyl halides is 4. The molecule has 0 saturated carbocycles. The van der Waals surface area contributed by atoms with Gasteiger partial charge in [0.1, 0.15) is 5.60 Å². The standard InChI is InChI=1S/C15H19BrF3NO2/c1-14(2,3)22-13(21)20-12(9-16)8-10-5-4-6-11(7-10)15(17,18)19/h4-7,12H,8-9H2,1-3H3,(H,20,21). The molecule has 0 bridgehead atoms. The summed E-state index contributed by atoms with van der Waals surface area (Å²) >= 11 is 3.25. The second-order valence-corrected chi connectivity index (χ2v) is 6.55. The van der Waals surface area contributed by atoms with Crippen LogP contribution in [0.1, 0.15) is 31.9 Å². The Morgan fingerprint density at radius 2 is 1.95 bits per heavy atom. The Balaban J connectivity index is 2.73. The van der Waals surface area contributed by atoms with Crippen molar-refractivity contribution in [3.05, 3.63) is 35.4 Å². The van der Waals surface area contributed by atoms with Crippen LogP contribution in [0.3, 0.4) is 0 Å². The molecule has 0 heterocycles. The average Bonchev–Trinajstić information content (AvgIpc) is 2.35. The van der Waals surface area contributed by atoms with Gasteiger partial charge in [0.15, 0.2) is 0 Å². The van der Waals surface area contributed by atoms with E-state index in [4.69, 9.17) is 4.74 Å². The lowest BCUT2D eigenvalue weighted by molar-refractivity contribution is -0.137. The zero-order valence-electron chi connectivity index (χ0n) is 12.6. The maximum absolute atomic E-state index is 12.7. The first-order valence-electron chi connectivity index (χ1n) is 6.73. The van der Waals surface area contributed by atoms with Crippen LogP contribution in [-0.2, 0) is 17.3 Å². The Labute approximate surface area is 136 Å². The Morgan fingerprint density at radius 1 is 1.32 bits per heavy atom. The van der Waals surface area contributed by atoms with Crippen LogP contribution >= 0.6 is 15.9 Å². The van der Waals surface area contributed by atoms with Crippen LogP contribution in [0.25, 0.3) is 0 Å². The van der Waals surface area contributed by atoms with Gasteiger partial charge in [-0.3, -0.25) is 0 Å². The predicted octanol–water partition coefficient (Wildman–Crippen LogP) is 4.54. The number of nitrogens with one attached hydrogen (secondary N) is 1. The Kier molecular flexibility index (Phi) is 6.28. The molecular formula is C15H19BrF3NO2. The first kappa shape index (κ1) is 18.8. The maximum Gasteiger partial charge on any atom is 0.416 e. The van der Waals surface area contributed by atoms with E-state index < -0.39 is 23.4 Å². The molecule has 124 valence electrons. The number of amides is 1. The summed E-state index contributed by atoms with van der Waals surface area (Å²) in [4.78, 5) is 11.7. The number of ether oxygens (including phenoxy) is 1. The van der Waals surface area contributed by atoms with Crippen LogP contribution in [0.5, 0.6) is 0 Å². The number of hydrogen-bond acceptors (Lipinski definition) is 2. The summed E-state index contributed by atoms with van der Waals surface area (Å²) in [6.07, 6.45) is -4.70. The second-order valence-electron chi connectivity index (χ2n) is 5.90. The van der Waals surface area contributed by atoms with Gasteiger partial charge in [-0.25, -0.2) is 4.79 Å². The van der Waals surface area contributed by atoms with Gasteiger partial charge < -0.3 is 10.1 Å². The Hall–Kier alpha value is -1.24. The molecule has 1 unspecified atom stereocenters. The lowest BCUT2D eigenvalue weighted by atomic mass is 10.0. The number of carbonyl (C=O) groups is 1. The van der Waals surface area contributed by atoms with Crippen molar-refractivity contribution in [1.29, 1.82) is 0 Å². The van der Waals surface area contributed by atoms with Crippen molar-refractivity contribution < 1.29 is 22.7 Å². The van der Waals surface area contributed by atoms with Crippen molar-refractivity contribution in [2.45, 2.75) is 45.0 Å². The molecule has 0 radical (unpaired) electrons. The fourth-order valence-corrected chi connectivity index (χ4v) is 2.17. The highest BCUT2D eigenvalue weighted by molar-refractivity contribution is 9.09. The highest BCUT2D eigenvalue weighted by Gasteiger charge is 2.30. The van der Waals surface area contributed by atoms with E-state index in [9.17, 15) is 18.0 Å². The molecular weight excluding hydrogens is 363 g/mol. The quantitative estimate of drug-likeness (QED) is 0.777. The van der Waals surface area contributed by atoms with Crippen LogP contribution < -0.4 is 5.32 Å². The van der Waals surface area contributed by atoms with Crippen LogP contribution in [0, 0.1) is 0 Å². The van der Waals surface area contributed by atoms with Crippen molar-refractivity contribution in [3.8, 4) is 0 Å². The van der Waals surface area contributed by atoms with Crippen molar-refractivity contribution in [2.75, 3.05) is 5.33 Å². The molecule has 3 nitrogen and oxygen atoms in total. The number of rotatable bonds is 4. The number of carbonyl (C=O) groups excluding carboxylic acids is 1. The zero-order valence-corrected chi connectivity index (χ0v) is 14.2.